The number of methoxy groups -OCH3 is 2. The summed E-state index contributed by atoms with van der Waals surface area (Å²) in [6, 6.07) is 11.0. The molecule has 0 saturated carbocycles. The van der Waals surface area contributed by atoms with Crippen LogP contribution in [0.15, 0.2) is 36.4 Å². The Labute approximate surface area is 139 Å². The zero-order valence-electron chi connectivity index (χ0n) is 13.6. The molecule has 0 radical (unpaired) electrons. The second kappa shape index (κ2) is 6.72. The monoisotopic (exact) mass is 325 g/mol. The van der Waals surface area contributed by atoms with E-state index in [9.17, 15) is 4.79 Å². The van der Waals surface area contributed by atoms with E-state index in [-0.39, 0.29) is 5.91 Å². The molecular formula is C18H19N3O3. The van der Waals surface area contributed by atoms with E-state index >= 15 is 0 Å². The van der Waals surface area contributed by atoms with E-state index in [1.54, 1.807) is 14.2 Å². The van der Waals surface area contributed by atoms with Crippen molar-refractivity contribution < 1.29 is 14.3 Å². The number of nitrogens with zero attached hydrogens (tertiary/aromatic N) is 1. The van der Waals surface area contributed by atoms with E-state index in [1.807, 2.05) is 36.4 Å². The van der Waals surface area contributed by atoms with Crippen molar-refractivity contribution in [2.75, 3.05) is 27.3 Å². The molecule has 0 atom stereocenters. The van der Waals surface area contributed by atoms with Crippen molar-refractivity contribution in [3.05, 3.63) is 42.0 Å². The van der Waals surface area contributed by atoms with Crippen LogP contribution in [0, 0.1) is 0 Å². The van der Waals surface area contributed by atoms with Crippen LogP contribution in [0.5, 0.6) is 11.5 Å². The molecule has 0 unspecified atom stereocenters. The molecule has 0 aliphatic rings. The van der Waals surface area contributed by atoms with Crippen LogP contribution in [0.2, 0.25) is 0 Å². The number of hydrogen-bond acceptors (Lipinski definition) is 5. The molecule has 1 heterocycles. The predicted octanol–water partition coefficient (Wildman–Crippen LogP) is 2.09. The van der Waals surface area contributed by atoms with Gasteiger partial charge >= 0.3 is 0 Å². The third-order valence-corrected chi connectivity index (χ3v) is 3.84. The van der Waals surface area contributed by atoms with Gasteiger partial charge in [0.25, 0.3) is 5.91 Å². The number of carbonyl (C=O) groups is 1. The summed E-state index contributed by atoms with van der Waals surface area (Å²) < 4.78 is 10.6. The summed E-state index contributed by atoms with van der Waals surface area (Å²) in [5.41, 5.74) is 7.50. The van der Waals surface area contributed by atoms with Gasteiger partial charge in [0, 0.05) is 23.9 Å². The summed E-state index contributed by atoms with van der Waals surface area (Å²) in [7, 11) is 3.18. The molecule has 6 heteroatoms. The number of ether oxygens (including phenoxy) is 2. The number of amides is 1. The Morgan fingerprint density at radius 2 is 1.58 bits per heavy atom. The SMILES string of the molecule is COc1ccc2nc3ccc(OC)cc3c(C(=O)NCCN)c2c1. The fourth-order valence-corrected chi connectivity index (χ4v) is 2.67. The lowest BCUT2D eigenvalue weighted by atomic mass is 10.0. The molecule has 1 amide bonds. The van der Waals surface area contributed by atoms with E-state index in [1.165, 1.54) is 0 Å². The van der Waals surface area contributed by atoms with Gasteiger partial charge in [0.2, 0.25) is 0 Å². The number of nitrogens with two attached hydrogens (primary N) is 1. The first kappa shape index (κ1) is 16.0. The maximum atomic E-state index is 12.8. The number of benzene rings is 2. The lowest BCUT2D eigenvalue weighted by Gasteiger charge is -2.13. The van der Waals surface area contributed by atoms with Gasteiger partial charge in [-0.25, -0.2) is 4.98 Å². The number of rotatable bonds is 5. The summed E-state index contributed by atoms with van der Waals surface area (Å²) in [5.74, 6) is 1.14. The highest BCUT2D eigenvalue weighted by atomic mass is 16.5. The number of pyridine rings is 1. The molecule has 2 aromatic carbocycles. The van der Waals surface area contributed by atoms with Gasteiger partial charge in [-0.2, -0.15) is 0 Å². The number of hydrogen-bond donors (Lipinski definition) is 2. The summed E-state index contributed by atoms with van der Waals surface area (Å²) in [6.07, 6.45) is 0. The van der Waals surface area contributed by atoms with Crippen molar-refractivity contribution in [2.45, 2.75) is 0 Å². The van der Waals surface area contributed by atoms with Crippen molar-refractivity contribution in [3.8, 4) is 11.5 Å². The largest absolute Gasteiger partial charge is 0.497 e. The molecule has 3 rings (SSSR count). The molecule has 0 spiro atoms. The van der Waals surface area contributed by atoms with Crippen molar-refractivity contribution in [2.24, 2.45) is 5.73 Å². The zero-order chi connectivity index (χ0) is 17.1. The van der Waals surface area contributed by atoms with Crippen LogP contribution in [0.1, 0.15) is 10.4 Å². The van der Waals surface area contributed by atoms with Crippen LogP contribution in [0.3, 0.4) is 0 Å². The van der Waals surface area contributed by atoms with Gasteiger partial charge in [0.15, 0.2) is 0 Å². The van der Waals surface area contributed by atoms with Gasteiger partial charge < -0.3 is 20.5 Å². The Balaban J connectivity index is 2.34. The first-order chi connectivity index (χ1) is 11.7. The van der Waals surface area contributed by atoms with Gasteiger partial charge in [-0.3, -0.25) is 4.79 Å². The summed E-state index contributed by atoms with van der Waals surface area (Å²) in [6.45, 7) is 0.775. The van der Waals surface area contributed by atoms with E-state index in [4.69, 9.17) is 15.2 Å². The Hall–Kier alpha value is -2.86. The molecule has 0 bridgehead atoms. The molecule has 24 heavy (non-hydrogen) atoms. The van der Waals surface area contributed by atoms with Crippen LogP contribution < -0.4 is 20.5 Å². The maximum Gasteiger partial charge on any atom is 0.252 e. The number of fused-ring (bicyclic) bond motifs is 2. The molecule has 0 saturated heterocycles. The van der Waals surface area contributed by atoms with Gasteiger partial charge in [-0.15, -0.1) is 0 Å². The van der Waals surface area contributed by atoms with Gasteiger partial charge in [0.1, 0.15) is 11.5 Å². The summed E-state index contributed by atoms with van der Waals surface area (Å²) in [4.78, 5) is 17.4. The molecular weight excluding hydrogens is 306 g/mol. The van der Waals surface area contributed by atoms with E-state index in [0.29, 0.717) is 30.2 Å². The first-order valence-corrected chi connectivity index (χ1v) is 7.61. The average molecular weight is 325 g/mol. The smallest absolute Gasteiger partial charge is 0.252 e. The molecule has 124 valence electrons. The standard InChI is InChI=1S/C18H19N3O3/c1-23-11-3-5-15-13(9-11)17(18(22)20-8-7-19)14-10-12(24-2)4-6-16(14)21-15/h3-6,9-10H,7-8,19H2,1-2H3,(H,20,22). The van der Waals surface area contributed by atoms with Crippen LogP contribution in [0.25, 0.3) is 21.8 Å². The quantitative estimate of drug-likeness (QED) is 0.702. The number of nitrogens with one attached hydrogen (secondary N) is 1. The van der Waals surface area contributed by atoms with Crippen LogP contribution in [0.4, 0.5) is 0 Å². The second-order valence-corrected chi connectivity index (χ2v) is 5.30. The average Bonchev–Trinajstić information content (AvgIpc) is 2.63. The molecule has 0 aliphatic heterocycles. The van der Waals surface area contributed by atoms with Crippen molar-refractivity contribution >= 4 is 27.7 Å². The highest BCUT2D eigenvalue weighted by molar-refractivity contribution is 6.16. The summed E-state index contributed by atoms with van der Waals surface area (Å²) in [5, 5.41) is 4.29. The predicted molar refractivity (Wildman–Crippen MR) is 93.7 cm³/mol. The molecule has 1 aromatic heterocycles. The van der Waals surface area contributed by atoms with E-state index in [0.717, 1.165) is 21.8 Å². The minimum Gasteiger partial charge on any atom is -0.497 e. The first-order valence-electron chi connectivity index (χ1n) is 7.61. The van der Waals surface area contributed by atoms with E-state index < -0.39 is 0 Å². The van der Waals surface area contributed by atoms with Gasteiger partial charge in [-0.05, 0) is 36.4 Å². The van der Waals surface area contributed by atoms with Crippen LogP contribution >= 0.6 is 0 Å². The Kier molecular flexibility index (Phi) is 4.48. The van der Waals surface area contributed by atoms with Gasteiger partial charge in [0.05, 0.1) is 30.8 Å². The minimum absolute atomic E-state index is 0.195. The lowest BCUT2D eigenvalue weighted by molar-refractivity contribution is 0.0958. The fraction of sp³-hybridized carbons (Fsp3) is 0.222. The third-order valence-electron chi connectivity index (χ3n) is 3.84. The topological polar surface area (TPSA) is 86.5 Å². The Bertz CT molecular complexity index is 847. The number of carbonyl (C=O) groups excluding carboxylic acids is 1. The zero-order valence-corrected chi connectivity index (χ0v) is 13.6. The Morgan fingerprint density at radius 3 is 2.04 bits per heavy atom. The van der Waals surface area contributed by atoms with Gasteiger partial charge in [-0.1, -0.05) is 0 Å². The third kappa shape index (κ3) is 2.83. The fourth-order valence-electron chi connectivity index (χ4n) is 2.67. The molecule has 3 N–H and O–H groups in total. The Morgan fingerprint density at radius 1 is 1.04 bits per heavy atom. The number of aromatic nitrogens is 1. The molecule has 0 aliphatic carbocycles. The molecule has 3 aromatic rings. The second-order valence-electron chi connectivity index (χ2n) is 5.30. The molecule has 6 nitrogen and oxygen atoms in total. The van der Waals surface area contributed by atoms with Crippen molar-refractivity contribution in [1.29, 1.82) is 0 Å². The van der Waals surface area contributed by atoms with Crippen molar-refractivity contribution in [3.63, 3.8) is 0 Å². The summed E-state index contributed by atoms with van der Waals surface area (Å²) >= 11 is 0. The minimum atomic E-state index is -0.195. The molecule has 0 fully saturated rings. The maximum absolute atomic E-state index is 12.8. The normalized spacial score (nSPS) is 10.8. The lowest BCUT2D eigenvalue weighted by Crippen LogP contribution is -2.29. The highest BCUT2D eigenvalue weighted by Crippen LogP contribution is 2.31. The van der Waals surface area contributed by atoms with Crippen LogP contribution in [-0.2, 0) is 0 Å². The van der Waals surface area contributed by atoms with Crippen LogP contribution in [-0.4, -0.2) is 38.2 Å². The highest BCUT2D eigenvalue weighted by Gasteiger charge is 2.17. The van der Waals surface area contributed by atoms with Crippen molar-refractivity contribution in [1.82, 2.24) is 10.3 Å². The van der Waals surface area contributed by atoms with E-state index in [2.05, 4.69) is 10.3 Å².